The summed E-state index contributed by atoms with van der Waals surface area (Å²) in [6.45, 7) is 3.49. The molecule has 1 N–H and O–H groups in total. The van der Waals surface area contributed by atoms with Gasteiger partial charge < -0.3 is 14.8 Å². The van der Waals surface area contributed by atoms with Gasteiger partial charge in [-0.3, -0.25) is 0 Å². The lowest BCUT2D eigenvalue weighted by Crippen LogP contribution is -2.27. The van der Waals surface area contributed by atoms with Crippen LogP contribution in [0.25, 0.3) is 0 Å². The van der Waals surface area contributed by atoms with Crippen molar-refractivity contribution in [2.75, 3.05) is 18.5 Å². The van der Waals surface area contributed by atoms with Crippen LogP contribution >= 0.6 is 0 Å². The first kappa shape index (κ1) is 13.7. The minimum absolute atomic E-state index is 0.226. The molecule has 1 aromatic heterocycles. The summed E-state index contributed by atoms with van der Waals surface area (Å²) < 4.78 is 11.6. The van der Waals surface area contributed by atoms with Crippen molar-refractivity contribution < 1.29 is 9.47 Å². The van der Waals surface area contributed by atoms with Gasteiger partial charge >= 0.3 is 0 Å². The summed E-state index contributed by atoms with van der Waals surface area (Å²) in [5.41, 5.74) is 1.26. The van der Waals surface area contributed by atoms with Crippen molar-refractivity contribution in [3.8, 4) is 5.88 Å². The predicted molar refractivity (Wildman–Crippen MR) is 79.2 cm³/mol. The monoisotopic (exact) mass is 276 g/mol. The molecule has 1 saturated heterocycles. The van der Waals surface area contributed by atoms with Crippen molar-refractivity contribution >= 4 is 5.69 Å². The zero-order valence-electron chi connectivity index (χ0n) is 12.2. The van der Waals surface area contributed by atoms with Crippen LogP contribution in [0.4, 0.5) is 5.69 Å². The molecule has 2 aliphatic rings. The van der Waals surface area contributed by atoms with Gasteiger partial charge in [-0.05, 0) is 38.7 Å². The molecule has 4 nitrogen and oxygen atoms in total. The fourth-order valence-electron chi connectivity index (χ4n) is 3.38. The van der Waals surface area contributed by atoms with Crippen molar-refractivity contribution in [1.29, 1.82) is 0 Å². The summed E-state index contributed by atoms with van der Waals surface area (Å²) in [5.74, 6) is 0.681. The fourth-order valence-corrected chi connectivity index (χ4v) is 3.38. The maximum absolute atomic E-state index is 6.29. The van der Waals surface area contributed by atoms with Gasteiger partial charge in [-0.1, -0.05) is 12.8 Å². The third-order valence-corrected chi connectivity index (χ3v) is 4.42. The molecule has 2 heterocycles. The Kier molecular flexibility index (Phi) is 4.10. The van der Waals surface area contributed by atoms with Crippen LogP contribution in [0.2, 0.25) is 0 Å². The molecule has 1 atom stereocenters. The normalized spacial score (nSPS) is 24.1. The number of hydrogen-bond acceptors (Lipinski definition) is 4. The largest absolute Gasteiger partial charge is 0.478 e. The second-order valence-electron chi connectivity index (χ2n) is 5.87. The summed E-state index contributed by atoms with van der Waals surface area (Å²) >= 11 is 0. The smallest absolute Gasteiger partial charge is 0.213 e. The molecule has 110 valence electrons. The molecule has 4 heteroatoms. The molecular formula is C16H24N2O2. The zero-order valence-corrected chi connectivity index (χ0v) is 12.2. The SMILES string of the molecule is CCOc1ccc(NCC2CCC3(CCCC3)O2)cn1. The number of aromatic nitrogens is 1. The molecule has 1 unspecified atom stereocenters. The summed E-state index contributed by atoms with van der Waals surface area (Å²) in [5, 5.41) is 3.42. The van der Waals surface area contributed by atoms with E-state index < -0.39 is 0 Å². The zero-order chi connectivity index (χ0) is 13.8. The minimum Gasteiger partial charge on any atom is -0.478 e. The number of pyridine rings is 1. The highest BCUT2D eigenvalue weighted by Gasteiger charge is 2.41. The number of rotatable bonds is 5. The van der Waals surface area contributed by atoms with Crippen LogP contribution in [0, 0.1) is 0 Å². The van der Waals surface area contributed by atoms with Crippen LogP contribution < -0.4 is 10.1 Å². The van der Waals surface area contributed by atoms with Crippen molar-refractivity contribution in [3.05, 3.63) is 18.3 Å². The van der Waals surface area contributed by atoms with E-state index in [2.05, 4.69) is 10.3 Å². The van der Waals surface area contributed by atoms with Crippen molar-refractivity contribution in [2.24, 2.45) is 0 Å². The lowest BCUT2D eigenvalue weighted by atomic mass is 9.98. The number of ether oxygens (including phenoxy) is 2. The molecule has 1 aromatic rings. The lowest BCUT2D eigenvalue weighted by Gasteiger charge is -2.24. The van der Waals surface area contributed by atoms with Crippen molar-refractivity contribution in [3.63, 3.8) is 0 Å². The van der Waals surface area contributed by atoms with E-state index in [0.717, 1.165) is 12.2 Å². The average molecular weight is 276 g/mol. The maximum atomic E-state index is 6.29. The van der Waals surface area contributed by atoms with Crippen molar-refractivity contribution in [1.82, 2.24) is 4.98 Å². The van der Waals surface area contributed by atoms with Gasteiger partial charge in [0.25, 0.3) is 0 Å². The highest BCUT2D eigenvalue weighted by atomic mass is 16.5. The summed E-state index contributed by atoms with van der Waals surface area (Å²) in [4.78, 5) is 4.26. The van der Waals surface area contributed by atoms with Gasteiger partial charge in [0.1, 0.15) is 0 Å². The predicted octanol–water partition coefficient (Wildman–Crippen LogP) is 3.38. The molecule has 0 bridgehead atoms. The Hall–Kier alpha value is -1.29. The van der Waals surface area contributed by atoms with Crippen LogP contribution in [0.5, 0.6) is 5.88 Å². The van der Waals surface area contributed by atoms with E-state index >= 15 is 0 Å². The average Bonchev–Trinajstić information content (AvgIpc) is 3.09. The van der Waals surface area contributed by atoms with E-state index in [1.165, 1.54) is 38.5 Å². The molecule has 1 aliphatic carbocycles. The van der Waals surface area contributed by atoms with E-state index in [9.17, 15) is 0 Å². The first-order chi connectivity index (χ1) is 9.80. The first-order valence-electron chi connectivity index (χ1n) is 7.80. The molecule has 0 amide bonds. The molecule has 20 heavy (non-hydrogen) atoms. The van der Waals surface area contributed by atoms with Crippen LogP contribution in [0.3, 0.4) is 0 Å². The van der Waals surface area contributed by atoms with E-state index in [4.69, 9.17) is 9.47 Å². The molecule has 1 spiro atoms. The number of nitrogens with zero attached hydrogens (tertiary/aromatic N) is 1. The van der Waals surface area contributed by atoms with Crippen LogP contribution in [-0.2, 0) is 4.74 Å². The number of hydrogen-bond donors (Lipinski definition) is 1. The minimum atomic E-state index is 0.226. The second kappa shape index (κ2) is 6.00. The highest BCUT2D eigenvalue weighted by Crippen LogP contribution is 2.43. The highest BCUT2D eigenvalue weighted by molar-refractivity contribution is 5.42. The van der Waals surface area contributed by atoms with Gasteiger partial charge in [-0.25, -0.2) is 4.98 Å². The lowest BCUT2D eigenvalue weighted by molar-refractivity contribution is -0.0307. The second-order valence-corrected chi connectivity index (χ2v) is 5.87. The Bertz CT molecular complexity index is 427. The van der Waals surface area contributed by atoms with E-state index in [0.29, 0.717) is 18.6 Å². The first-order valence-corrected chi connectivity index (χ1v) is 7.80. The van der Waals surface area contributed by atoms with Gasteiger partial charge in [0.15, 0.2) is 0 Å². The van der Waals surface area contributed by atoms with Crippen LogP contribution in [0.1, 0.15) is 45.4 Å². The molecular weight excluding hydrogens is 252 g/mol. The Morgan fingerprint density at radius 1 is 1.35 bits per heavy atom. The summed E-state index contributed by atoms with van der Waals surface area (Å²) in [7, 11) is 0. The number of nitrogens with one attached hydrogen (secondary N) is 1. The van der Waals surface area contributed by atoms with Crippen LogP contribution in [0.15, 0.2) is 18.3 Å². The van der Waals surface area contributed by atoms with Crippen LogP contribution in [-0.4, -0.2) is 29.8 Å². The van der Waals surface area contributed by atoms with Gasteiger partial charge in [0.05, 0.1) is 30.2 Å². The molecule has 3 rings (SSSR count). The molecule has 2 fully saturated rings. The number of anilines is 1. The Morgan fingerprint density at radius 2 is 2.20 bits per heavy atom. The topological polar surface area (TPSA) is 43.4 Å². The third-order valence-electron chi connectivity index (χ3n) is 4.42. The van der Waals surface area contributed by atoms with Gasteiger partial charge in [0.2, 0.25) is 5.88 Å². The van der Waals surface area contributed by atoms with E-state index in [1.807, 2.05) is 25.3 Å². The quantitative estimate of drug-likeness (QED) is 0.895. The molecule has 0 aromatic carbocycles. The van der Waals surface area contributed by atoms with Gasteiger partial charge in [-0.2, -0.15) is 0 Å². The van der Waals surface area contributed by atoms with Gasteiger partial charge in [0, 0.05) is 12.6 Å². The molecule has 1 saturated carbocycles. The third kappa shape index (κ3) is 3.06. The molecule has 1 aliphatic heterocycles. The summed E-state index contributed by atoms with van der Waals surface area (Å²) in [6, 6.07) is 3.91. The Labute approximate surface area is 120 Å². The summed E-state index contributed by atoms with van der Waals surface area (Å²) in [6.07, 6.45) is 9.78. The van der Waals surface area contributed by atoms with Crippen molar-refractivity contribution in [2.45, 2.75) is 57.2 Å². The van der Waals surface area contributed by atoms with E-state index in [1.54, 1.807) is 0 Å². The fraction of sp³-hybridized carbons (Fsp3) is 0.688. The Balaban J connectivity index is 1.47. The van der Waals surface area contributed by atoms with Gasteiger partial charge in [-0.15, -0.1) is 0 Å². The standard InChI is InChI=1S/C16H24N2O2/c1-2-19-15-6-5-13(11-18-15)17-12-14-7-10-16(20-14)8-3-4-9-16/h5-6,11,14,17H,2-4,7-10,12H2,1H3. The maximum Gasteiger partial charge on any atom is 0.213 e. The Morgan fingerprint density at radius 3 is 2.90 bits per heavy atom. The van der Waals surface area contributed by atoms with E-state index in [-0.39, 0.29) is 5.60 Å². The molecule has 0 radical (unpaired) electrons.